The van der Waals surface area contributed by atoms with Crippen LogP contribution in [0.2, 0.25) is 0 Å². The molecule has 0 bridgehead atoms. The fourth-order valence-corrected chi connectivity index (χ4v) is 4.69. The van der Waals surface area contributed by atoms with E-state index in [0.717, 1.165) is 50.5 Å². The summed E-state index contributed by atoms with van der Waals surface area (Å²) in [7, 11) is 0. The Bertz CT molecular complexity index is 841. The summed E-state index contributed by atoms with van der Waals surface area (Å²) in [6.07, 6.45) is 7.17. The van der Waals surface area contributed by atoms with Gasteiger partial charge >= 0.3 is 0 Å². The summed E-state index contributed by atoms with van der Waals surface area (Å²) in [5, 5.41) is 8.71. The van der Waals surface area contributed by atoms with Crippen molar-refractivity contribution in [2.45, 2.75) is 46.1 Å². The Hall–Kier alpha value is -2.28. The third-order valence-electron chi connectivity index (χ3n) is 6.06. The van der Waals surface area contributed by atoms with E-state index in [9.17, 15) is 4.79 Å². The molecule has 0 aromatic carbocycles. The van der Waals surface area contributed by atoms with Crippen molar-refractivity contribution in [1.29, 1.82) is 0 Å². The largest absolute Gasteiger partial charge is 0.381 e. The molecule has 7 heteroatoms. The van der Waals surface area contributed by atoms with E-state index in [0.29, 0.717) is 18.0 Å². The third-order valence-corrected chi connectivity index (χ3v) is 6.06. The highest BCUT2D eigenvalue weighted by atomic mass is 16.5. The van der Waals surface area contributed by atoms with Gasteiger partial charge in [-0.2, -0.15) is 0 Å². The van der Waals surface area contributed by atoms with Gasteiger partial charge in [-0.15, -0.1) is 10.2 Å². The first-order chi connectivity index (χ1) is 13.5. The number of hydrogen-bond acceptors (Lipinski definition) is 5. The predicted octanol–water partition coefficient (Wildman–Crippen LogP) is 2.67. The highest BCUT2D eigenvalue weighted by molar-refractivity contribution is 5.94. The molecule has 2 fully saturated rings. The van der Waals surface area contributed by atoms with Gasteiger partial charge in [-0.05, 0) is 37.3 Å². The molecule has 1 amide bonds. The molecule has 0 radical (unpaired) electrons. The van der Waals surface area contributed by atoms with Gasteiger partial charge in [0.1, 0.15) is 12.2 Å². The average Bonchev–Trinajstić information content (AvgIpc) is 3.26. The molecule has 0 saturated carbocycles. The topological polar surface area (TPSA) is 73.1 Å². The maximum absolute atomic E-state index is 13.2. The second kappa shape index (κ2) is 7.62. The van der Waals surface area contributed by atoms with E-state index in [-0.39, 0.29) is 17.2 Å². The molecule has 2 aromatic heterocycles. The fraction of sp³-hybridized carbons (Fsp3) is 0.619. The van der Waals surface area contributed by atoms with Gasteiger partial charge in [0.25, 0.3) is 5.91 Å². The highest BCUT2D eigenvalue weighted by Gasteiger charge is 2.51. The molecule has 2 aromatic rings. The van der Waals surface area contributed by atoms with Crippen LogP contribution in [0.3, 0.4) is 0 Å². The number of aryl methyl sites for hydroxylation is 1. The number of aromatic nitrogens is 4. The molecule has 2 saturated heterocycles. The number of ether oxygens (including phenoxy) is 1. The minimum Gasteiger partial charge on any atom is -0.381 e. The van der Waals surface area contributed by atoms with Gasteiger partial charge in [0.15, 0.2) is 0 Å². The van der Waals surface area contributed by atoms with E-state index >= 15 is 0 Å². The number of likely N-dealkylation sites (tertiary alicyclic amines) is 1. The summed E-state index contributed by atoms with van der Waals surface area (Å²) in [4.78, 5) is 19.4. The Morgan fingerprint density at radius 1 is 1.32 bits per heavy atom. The van der Waals surface area contributed by atoms with Gasteiger partial charge in [0.05, 0.1) is 5.56 Å². The van der Waals surface area contributed by atoms with Crippen LogP contribution in [0.25, 0.3) is 0 Å². The van der Waals surface area contributed by atoms with Crippen LogP contribution in [-0.4, -0.2) is 56.9 Å². The molecule has 150 valence electrons. The lowest BCUT2D eigenvalue weighted by atomic mass is 9.71. The van der Waals surface area contributed by atoms with Crippen molar-refractivity contribution < 1.29 is 9.53 Å². The van der Waals surface area contributed by atoms with E-state index in [1.165, 1.54) is 0 Å². The van der Waals surface area contributed by atoms with Crippen LogP contribution in [0, 0.1) is 18.3 Å². The Morgan fingerprint density at radius 2 is 2.11 bits per heavy atom. The molecule has 1 unspecified atom stereocenters. The second-order valence-electron chi connectivity index (χ2n) is 8.70. The number of rotatable bonds is 4. The lowest BCUT2D eigenvalue weighted by molar-refractivity contribution is 0.0106. The lowest BCUT2D eigenvalue weighted by Crippen LogP contribution is -2.38. The van der Waals surface area contributed by atoms with E-state index < -0.39 is 0 Å². The maximum Gasteiger partial charge on any atom is 0.255 e. The Balaban J connectivity index is 1.65. The number of carbonyl (C=O) groups excluding carboxylic acids is 1. The molecule has 0 N–H and O–H groups in total. The van der Waals surface area contributed by atoms with Gasteiger partial charge in [-0.1, -0.05) is 13.8 Å². The van der Waals surface area contributed by atoms with E-state index in [1.54, 1.807) is 12.4 Å². The average molecular weight is 383 g/mol. The Kier molecular flexibility index (Phi) is 5.19. The summed E-state index contributed by atoms with van der Waals surface area (Å²) in [6, 6.07) is 1.92. The first-order valence-electron chi connectivity index (χ1n) is 10.1. The Labute approximate surface area is 166 Å². The van der Waals surface area contributed by atoms with Crippen molar-refractivity contribution in [1.82, 2.24) is 24.6 Å². The van der Waals surface area contributed by atoms with E-state index in [4.69, 9.17) is 4.74 Å². The van der Waals surface area contributed by atoms with Crippen molar-refractivity contribution in [3.63, 3.8) is 0 Å². The summed E-state index contributed by atoms with van der Waals surface area (Å²) in [5.74, 6) is 1.75. The quantitative estimate of drug-likeness (QED) is 0.812. The molecular weight excluding hydrogens is 354 g/mol. The molecule has 2 aliphatic rings. The third kappa shape index (κ3) is 3.55. The minimum atomic E-state index is 0.00687. The van der Waals surface area contributed by atoms with Crippen LogP contribution in [-0.2, 0) is 11.3 Å². The lowest BCUT2D eigenvalue weighted by Gasteiger charge is -2.37. The van der Waals surface area contributed by atoms with Crippen molar-refractivity contribution >= 4 is 5.91 Å². The molecule has 1 spiro atoms. The molecule has 0 aliphatic carbocycles. The number of hydrogen-bond donors (Lipinski definition) is 0. The van der Waals surface area contributed by atoms with Gasteiger partial charge in [0, 0.05) is 56.6 Å². The molecule has 1 atom stereocenters. The Morgan fingerprint density at radius 3 is 2.82 bits per heavy atom. The second-order valence-corrected chi connectivity index (χ2v) is 8.70. The van der Waals surface area contributed by atoms with Gasteiger partial charge in [-0.3, -0.25) is 9.78 Å². The fourth-order valence-electron chi connectivity index (χ4n) is 4.69. The minimum absolute atomic E-state index is 0.00687. The number of nitrogens with zero attached hydrogens (tertiary/aromatic N) is 5. The molecule has 2 aliphatic heterocycles. The van der Waals surface area contributed by atoms with E-state index in [2.05, 4.69) is 33.6 Å². The molecule has 7 nitrogen and oxygen atoms in total. The summed E-state index contributed by atoms with van der Waals surface area (Å²) >= 11 is 0. The molecule has 4 heterocycles. The summed E-state index contributed by atoms with van der Waals surface area (Å²) in [5.41, 5.74) is 1.66. The van der Waals surface area contributed by atoms with Gasteiger partial charge < -0.3 is 14.2 Å². The van der Waals surface area contributed by atoms with Crippen LogP contribution >= 0.6 is 0 Å². The van der Waals surface area contributed by atoms with Crippen LogP contribution in [0.1, 0.15) is 54.4 Å². The first kappa shape index (κ1) is 19.1. The number of amides is 1. The standard InChI is InChI=1S/C21H29N5O2/c1-15(2)11-26-14-23-24-19(26)18-12-25(13-21(18)4-6-28-7-5-21)20(27)17-8-16(3)9-22-10-17/h8-10,14-15,18H,4-7,11-13H2,1-3H3. The van der Waals surface area contributed by atoms with Crippen molar-refractivity contribution in [2.24, 2.45) is 11.3 Å². The van der Waals surface area contributed by atoms with Crippen molar-refractivity contribution in [3.05, 3.63) is 41.7 Å². The zero-order chi connectivity index (χ0) is 19.7. The highest BCUT2D eigenvalue weighted by Crippen LogP contribution is 2.49. The zero-order valence-corrected chi connectivity index (χ0v) is 17.0. The van der Waals surface area contributed by atoms with Crippen molar-refractivity contribution in [2.75, 3.05) is 26.3 Å². The normalized spacial score (nSPS) is 21.6. The van der Waals surface area contributed by atoms with Crippen LogP contribution < -0.4 is 0 Å². The number of pyridine rings is 1. The van der Waals surface area contributed by atoms with Crippen molar-refractivity contribution in [3.8, 4) is 0 Å². The smallest absolute Gasteiger partial charge is 0.255 e. The molecule has 28 heavy (non-hydrogen) atoms. The van der Waals surface area contributed by atoms with E-state index in [1.807, 2.05) is 24.2 Å². The predicted molar refractivity (Wildman–Crippen MR) is 105 cm³/mol. The first-order valence-corrected chi connectivity index (χ1v) is 10.1. The summed E-state index contributed by atoms with van der Waals surface area (Å²) in [6.45, 7) is 10.1. The van der Waals surface area contributed by atoms with Crippen LogP contribution in [0.15, 0.2) is 24.8 Å². The summed E-state index contributed by atoms with van der Waals surface area (Å²) < 4.78 is 7.83. The SMILES string of the molecule is Cc1cncc(C(=O)N2CC(c3nncn3CC(C)C)C3(CCOCC3)C2)c1. The molecule has 4 rings (SSSR count). The zero-order valence-electron chi connectivity index (χ0n) is 17.0. The number of carbonyl (C=O) groups is 1. The monoisotopic (exact) mass is 383 g/mol. The maximum atomic E-state index is 13.2. The van der Waals surface area contributed by atoms with Crippen LogP contribution in [0.5, 0.6) is 0 Å². The van der Waals surface area contributed by atoms with Crippen LogP contribution in [0.4, 0.5) is 0 Å². The van der Waals surface area contributed by atoms with Gasteiger partial charge in [0.2, 0.25) is 0 Å². The molecular formula is C21H29N5O2. The van der Waals surface area contributed by atoms with Gasteiger partial charge in [-0.25, -0.2) is 0 Å².